The van der Waals surface area contributed by atoms with E-state index in [4.69, 9.17) is 4.74 Å². The first-order valence-electron chi connectivity index (χ1n) is 4.05. The minimum absolute atomic E-state index is 0.0203. The number of hydrogen-bond acceptors (Lipinski definition) is 3. The lowest BCUT2D eigenvalue weighted by molar-refractivity contribution is -0.143. The van der Waals surface area contributed by atoms with Gasteiger partial charge >= 0.3 is 5.97 Å². The lowest BCUT2D eigenvalue weighted by atomic mass is 10.4. The highest BCUT2D eigenvalue weighted by molar-refractivity contribution is 5.69. The molecule has 4 heteroatoms. The van der Waals surface area contributed by atoms with Crippen LogP contribution in [-0.2, 0) is 16.1 Å². The van der Waals surface area contributed by atoms with Crippen molar-refractivity contribution in [3.05, 3.63) is 34.7 Å². The van der Waals surface area contributed by atoms with Crippen LogP contribution >= 0.6 is 0 Å². The molecule has 0 saturated heterocycles. The second kappa shape index (κ2) is 4.45. The Bertz CT molecular complexity index is 343. The first-order valence-corrected chi connectivity index (χ1v) is 4.05. The second-order valence-electron chi connectivity index (χ2n) is 2.47. The molecular weight excluding hydrogens is 170 g/mol. The van der Waals surface area contributed by atoms with Gasteiger partial charge in [0, 0.05) is 12.3 Å². The highest BCUT2D eigenvalue weighted by atomic mass is 16.5. The number of aromatic nitrogens is 1. The van der Waals surface area contributed by atoms with Gasteiger partial charge in [-0.05, 0) is 13.0 Å². The van der Waals surface area contributed by atoms with E-state index in [1.165, 1.54) is 10.6 Å². The molecule has 0 atom stereocenters. The van der Waals surface area contributed by atoms with Crippen molar-refractivity contribution in [1.29, 1.82) is 0 Å². The van der Waals surface area contributed by atoms with Gasteiger partial charge in [0.15, 0.2) is 0 Å². The van der Waals surface area contributed by atoms with E-state index in [1.54, 1.807) is 25.3 Å². The zero-order valence-electron chi connectivity index (χ0n) is 7.40. The molecule has 1 heterocycles. The molecule has 70 valence electrons. The Labute approximate surface area is 75.8 Å². The van der Waals surface area contributed by atoms with Gasteiger partial charge in [-0.25, -0.2) is 0 Å². The Balaban J connectivity index is 2.69. The highest BCUT2D eigenvalue weighted by Crippen LogP contribution is 1.85. The van der Waals surface area contributed by atoms with E-state index in [0.717, 1.165) is 0 Å². The molecule has 0 radical (unpaired) electrons. The molecule has 0 spiro atoms. The van der Waals surface area contributed by atoms with Crippen LogP contribution in [0.4, 0.5) is 0 Å². The van der Waals surface area contributed by atoms with Crippen molar-refractivity contribution < 1.29 is 9.53 Å². The van der Waals surface area contributed by atoms with Crippen molar-refractivity contribution in [2.24, 2.45) is 0 Å². The molecule has 0 aromatic carbocycles. The highest BCUT2D eigenvalue weighted by Gasteiger charge is 2.02. The maximum Gasteiger partial charge on any atom is 0.326 e. The standard InChI is InChI=1S/C9H11NO3/c1-2-13-9(12)7-10-6-4-3-5-8(10)11/h3-6H,2,7H2,1H3. The summed E-state index contributed by atoms with van der Waals surface area (Å²) in [4.78, 5) is 22.1. The molecule has 0 N–H and O–H groups in total. The molecule has 0 aliphatic heterocycles. The molecular formula is C9H11NO3. The predicted octanol–water partition coefficient (Wildman–Crippen LogP) is 0.411. The van der Waals surface area contributed by atoms with Gasteiger partial charge in [0.05, 0.1) is 6.61 Å². The Morgan fingerprint density at radius 3 is 2.92 bits per heavy atom. The minimum Gasteiger partial charge on any atom is -0.465 e. The first kappa shape index (κ1) is 9.51. The predicted molar refractivity (Wildman–Crippen MR) is 47.3 cm³/mol. The fourth-order valence-electron chi connectivity index (χ4n) is 0.937. The average molecular weight is 181 g/mol. The van der Waals surface area contributed by atoms with Crippen LogP contribution in [0.5, 0.6) is 0 Å². The second-order valence-corrected chi connectivity index (χ2v) is 2.47. The molecule has 1 aromatic heterocycles. The van der Waals surface area contributed by atoms with Gasteiger partial charge in [-0.15, -0.1) is 0 Å². The SMILES string of the molecule is CCOC(=O)Cn1ccccc1=O. The van der Waals surface area contributed by atoms with Gasteiger partial charge in [0.2, 0.25) is 0 Å². The number of nitrogens with zero attached hydrogens (tertiary/aromatic N) is 1. The summed E-state index contributed by atoms with van der Waals surface area (Å²) in [6.07, 6.45) is 1.55. The first-order chi connectivity index (χ1) is 6.24. The van der Waals surface area contributed by atoms with Crippen LogP contribution in [0.3, 0.4) is 0 Å². The summed E-state index contributed by atoms with van der Waals surface area (Å²) in [5.74, 6) is -0.393. The van der Waals surface area contributed by atoms with E-state index in [9.17, 15) is 9.59 Å². The van der Waals surface area contributed by atoms with Gasteiger partial charge < -0.3 is 9.30 Å². The third kappa shape index (κ3) is 2.74. The third-order valence-electron chi connectivity index (χ3n) is 1.50. The molecule has 0 aliphatic rings. The smallest absolute Gasteiger partial charge is 0.326 e. The average Bonchev–Trinajstić information content (AvgIpc) is 2.09. The largest absolute Gasteiger partial charge is 0.465 e. The summed E-state index contributed by atoms with van der Waals surface area (Å²) in [6.45, 7) is 2.04. The maximum absolute atomic E-state index is 11.1. The van der Waals surface area contributed by atoms with Crippen LogP contribution < -0.4 is 5.56 Å². The van der Waals surface area contributed by atoms with Crippen LogP contribution in [0, 0.1) is 0 Å². The number of esters is 1. The zero-order chi connectivity index (χ0) is 9.68. The third-order valence-corrected chi connectivity index (χ3v) is 1.50. The molecule has 1 aromatic rings. The summed E-state index contributed by atoms with van der Waals surface area (Å²) < 4.78 is 6.01. The van der Waals surface area contributed by atoms with Crippen LogP contribution in [0.25, 0.3) is 0 Å². The van der Waals surface area contributed by atoms with E-state index in [0.29, 0.717) is 6.61 Å². The van der Waals surface area contributed by atoms with Gasteiger partial charge in [-0.1, -0.05) is 6.07 Å². The zero-order valence-corrected chi connectivity index (χ0v) is 7.40. The molecule has 1 rings (SSSR count). The number of rotatable bonds is 3. The van der Waals surface area contributed by atoms with Crippen molar-refractivity contribution in [1.82, 2.24) is 4.57 Å². The number of hydrogen-bond donors (Lipinski definition) is 0. The Kier molecular flexibility index (Phi) is 3.25. The lowest BCUT2D eigenvalue weighted by Gasteiger charge is -2.03. The van der Waals surface area contributed by atoms with Crippen molar-refractivity contribution in [3.63, 3.8) is 0 Å². The number of carbonyl (C=O) groups excluding carboxylic acids is 1. The van der Waals surface area contributed by atoms with Crippen LogP contribution in [0.1, 0.15) is 6.92 Å². The van der Waals surface area contributed by atoms with Crippen molar-refractivity contribution in [3.8, 4) is 0 Å². The van der Waals surface area contributed by atoms with Gasteiger partial charge in [-0.3, -0.25) is 9.59 Å². The molecule has 0 saturated carbocycles. The number of carbonyl (C=O) groups is 1. The van der Waals surface area contributed by atoms with E-state index in [-0.39, 0.29) is 12.1 Å². The van der Waals surface area contributed by atoms with Crippen LogP contribution in [0.15, 0.2) is 29.2 Å². The van der Waals surface area contributed by atoms with E-state index < -0.39 is 5.97 Å². The Morgan fingerprint density at radius 2 is 2.31 bits per heavy atom. The van der Waals surface area contributed by atoms with Crippen molar-refractivity contribution in [2.45, 2.75) is 13.5 Å². The number of pyridine rings is 1. The monoisotopic (exact) mass is 181 g/mol. The Morgan fingerprint density at radius 1 is 1.54 bits per heavy atom. The van der Waals surface area contributed by atoms with Gasteiger partial charge in [-0.2, -0.15) is 0 Å². The normalized spacial score (nSPS) is 9.62. The van der Waals surface area contributed by atoms with E-state index in [2.05, 4.69) is 0 Å². The molecule has 0 unspecified atom stereocenters. The number of ether oxygens (including phenoxy) is 1. The Hall–Kier alpha value is -1.58. The molecule has 0 aliphatic carbocycles. The molecule has 13 heavy (non-hydrogen) atoms. The topological polar surface area (TPSA) is 48.3 Å². The molecule has 0 fully saturated rings. The summed E-state index contributed by atoms with van der Waals surface area (Å²) in [5, 5.41) is 0. The van der Waals surface area contributed by atoms with Crippen molar-refractivity contribution in [2.75, 3.05) is 6.61 Å². The van der Waals surface area contributed by atoms with Crippen LogP contribution in [0.2, 0.25) is 0 Å². The van der Waals surface area contributed by atoms with E-state index in [1.807, 2.05) is 0 Å². The quantitative estimate of drug-likeness (QED) is 0.634. The fourth-order valence-corrected chi connectivity index (χ4v) is 0.937. The van der Waals surface area contributed by atoms with Crippen LogP contribution in [-0.4, -0.2) is 17.1 Å². The van der Waals surface area contributed by atoms with Crippen molar-refractivity contribution >= 4 is 5.97 Å². The summed E-state index contributed by atoms with van der Waals surface area (Å²) in [6, 6.07) is 4.73. The summed E-state index contributed by atoms with van der Waals surface area (Å²) in [5.41, 5.74) is -0.199. The summed E-state index contributed by atoms with van der Waals surface area (Å²) >= 11 is 0. The lowest BCUT2D eigenvalue weighted by Crippen LogP contribution is -2.23. The minimum atomic E-state index is -0.393. The van der Waals surface area contributed by atoms with E-state index >= 15 is 0 Å². The van der Waals surface area contributed by atoms with Gasteiger partial charge in [0.1, 0.15) is 6.54 Å². The molecule has 0 amide bonds. The maximum atomic E-state index is 11.1. The van der Waals surface area contributed by atoms with Gasteiger partial charge in [0.25, 0.3) is 5.56 Å². The molecule has 0 bridgehead atoms. The summed E-state index contributed by atoms with van der Waals surface area (Å²) in [7, 11) is 0. The fraction of sp³-hybridized carbons (Fsp3) is 0.333. The molecule has 4 nitrogen and oxygen atoms in total.